The average molecular weight is 249 g/mol. The van der Waals surface area contributed by atoms with Gasteiger partial charge < -0.3 is 10.1 Å². The standard InChI is InChI=1S/C15H23NO2/c1-12(17)16-11-14-8-6-5-7-13(14)9-10-18-15(2,3)4/h5-8H,9-11H2,1-4H3,(H,16,17). The van der Waals surface area contributed by atoms with Crippen LogP contribution in [0.3, 0.4) is 0 Å². The highest BCUT2D eigenvalue weighted by atomic mass is 16.5. The van der Waals surface area contributed by atoms with Crippen molar-refractivity contribution in [3.8, 4) is 0 Å². The third kappa shape index (κ3) is 5.82. The molecule has 100 valence electrons. The molecule has 0 atom stereocenters. The summed E-state index contributed by atoms with van der Waals surface area (Å²) in [6.07, 6.45) is 0.868. The first-order valence-electron chi connectivity index (χ1n) is 6.33. The summed E-state index contributed by atoms with van der Waals surface area (Å²) in [4.78, 5) is 10.9. The number of carbonyl (C=O) groups is 1. The van der Waals surface area contributed by atoms with Crippen molar-refractivity contribution < 1.29 is 9.53 Å². The first-order chi connectivity index (χ1) is 8.38. The van der Waals surface area contributed by atoms with Gasteiger partial charge in [-0.25, -0.2) is 0 Å². The van der Waals surface area contributed by atoms with Crippen LogP contribution in [0, 0.1) is 0 Å². The van der Waals surface area contributed by atoms with E-state index in [0.717, 1.165) is 12.0 Å². The van der Waals surface area contributed by atoms with Gasteiger partial charge in [-0.2, -0.15) is 0 Å². The number of ether oxygens (including phenoxy) is 1. The van der Waals surface area contributed by atoms with Crippen LogP contribution in [0.4, 0.5) is 0 Å². The molecule has 18 heavy (non-hydrogen) atoms. The molecular weight excluding hydrogens is 226 g/mol. The first kappa shape index (κ1) is 14.7. The van der Waals surface area contributed by atoms with E-state index in [1.807, 2.05) is 18.2 Å². The van der Waals surface area contributed by atoms with Gasteiger partial charge in [-0.1, -0.05) is 24.3 Å². The van der Waals surface area contributed by atoms with E-state index in [-0.39, 0.29) is 11.5 Å². The van der Waals surface area contributed by atoms with E-state index >= 15 is 0 Å². The number of nitrogens with one attached hydrogen (secondary N) is 1. The number of carbonyl (C=O) groups excluding carboxylic acids is 1. The van der Waals surface area contributed by atoms with Crippen molar-refractivity contribution in [2.24, 2.45) is 0 Å². The fraction of sp³-hybridized carbons (Fsp3) is 0.533. The fourth-order valence-electron chi connectivity index (χ4n) is 1.66. The van der Waals surface area contributed by atoms with Gasteiger partial charge in [0.2, 0.25) is 5.91 Å². The molecule has 0 aromatic heterocycles. The maximum absolute atomic E-state index is 10.9. The number of hydrogen-bond acceptors (Lipinski definition) is 2. The highest BCUT2D eigenvalue weighted by Crippen LogP contribution is 2.12. The van der Waals surface area contributed by atoms with Crippen LogP contribution in [0.15, 0.2) is 24.3 Å². The minimum Gasteiger partial charge on any atom is -0.376 e. The van der Waals surface area contributed by atoms with Crippen LogP contribution in [-0.2, 0) is 22.5 Å². The van der Waals surface area contributed by atoms with E-state index in [1.54, 1.807) is 0 Å². The molecule has 1 aromatic carbocycles. The molecule has 0 heterocycles. The molecule has 1 N–H and O–H groups in total. The molecule has 3 nitrogen and oxygen atoms in total. The van der Waals surface area contributed by atoms with Gasteiger partial charge >= 0.3 is 0 Å². The second-order valence-corrected chi connectivity index (χ2v) is 5.39. The Hall–Kier alpha value is -1.35. The smallest absolute Gasteiger partial charge is 0.217 e. The number of rotatable bonds is 5. The zero-order chi connectivity index (χ0) is 13.6. The van der Waals surface area contributed by atoms with E-state index in [0.29, 0.717) is 13.2 Å². The molecule has 1 rings (SSSR count). The molecule has 0 aliphatic heterocycles. The molecule has 0 unspecified atom stereocenters. The molecule has 0 saturated heterocycles. The van der Waals surface area contributed by atoms with Crippen LogP contribution < -0.4 is 5.32 Å². The molecule has 0 saturated carbocycles. The molecule has 0 aliphatic carbocycles. The van der Waals surface area contributed by atoms with Gasteiger partial charge in [0, 0.05) is 13.5 Å². The number of hydrogen-bond donors (Lipinski definition) is 1. The van der Waals surface area contributed by atoms with Crippen LogP contribution >= 0.6 is 0 Å². The Labute approximate surface area is 110 Å². The summed E-state index contributed by atoms with van der Waals surface area (Å²) in [7, 11) is 0. The van der Waals surface area contributed by atoms with Crippen molar-refractivity contribution in [1.29, 1.82) is 0 Å². The lowest BCUT2D eigenvalue weighted by atomic mass is 10.0. The molecule has 3 heteroatoms. The summed E-state index contributed by atoms with van der Waals surface area (Å²) in [6, 6.07) is 8.14. The van der Waals surface area contributed by atoms with E-state index in [4.69, 9.17) is 4.74 Å². The quantitative estimate of drug-likeness (QED) is 0.871. The molecule has 0 bridgehead atoms. The SMILES string of the molecule is CC(=O)NCc1ccccc1CCOC(C)(C)C. The van der Waals surface area contributed by atoms with Crippen LogP contribution in [0.25, 0.3) is 0 Å². The Bertz CT molecular complexity index is 394. The maximum Gasteiger partial charge on any atom is 0.217 e. The van der Waals surface area contributed by atoms with E-state index < -0.39 is 0 Å². The second-order valence-electron chi connectivity index (χ2n) is 5.39. The van der Waals surface area contributed by atoms with Crippen molar-refractivity contribution in [2.75, 3.05) is 6.61 Å². The van der Waals surface area contributed by atoms with Gasteiger partial charge in [-0.15, -0.1) is 0 Å². The van der Waals surface area contributed by atoms with Crippen LogP contribution in [0.5, 0.6) is 0 Å². The van der Waals surface area contributed by atoms with Gasteiger partial charge in [-0.05, 0) is 38.3 Å². The molecule has 0 spiro atoms. The molecule has 0 radical (unpaired) electrons. The monoisotopic (exact) mass is 249 g/mol. The van der Waals surface area contributed by atoms with E-state index in [9.17, 15) is 4.79 Å². The summed E-state index contributed by atoms with van der Waals surface area (Å²) < 4.78 is 5.73. The molecule has 0 aliphatic rings. The van der Waals surface area contributed by atoms with Gasteiger partial charge in [0.1, 0.15) is 0 Å². The number of amides is 1. The first-order valence-corrected chi connectivity index (χ1v) is 6.33. The Morgan fingerprint density at radius 3 is 2.39 bits per heavy atom. The van der Waals surface area contributed by atoms with E-state index in [2.05, 4.69) is 32.2 Å². The van der Waals surface area contributed by atoms with E-state index in [1.165, 1.54) is 12.5 Å². The maximum atomic E-state index is 10.9. The average Bonchev–Trinajstić information content (AvgIpc) is 2.26. The van der Waals surface area contributed by atoms with Crippen LogP contribution in [-0.4, -0.2) is 18.1 Å². The fourth-order valence-corrected chi connectivity index (χ4v) is 1.66. The van der Waals surface area contributed by atoms with Crippen molar-refractivity contribution in [3.63, 3.8) is 0 Å². The van der Waals surface area contributed by atoms with Crippen molar-refractivity contribution in [1.82, 2.24) is 5.32 Å². The van der Waals surface area contributed by atoms with Crippen molar-refractivity contribution in [2.45, 2.75) is 46.3 Å². The summed E-state index contributed by atoms with van der Waals surface area (Å²) in [6.45, 7) is 8.97. The largest absolute Gasteiger partial charge is 0.376 e. The van der Waals surface area contributed by atoms with Gasteiger partial charge in [-0.3, -0.25) is 4.79 Å². The third-order valence-corrected chi connectivity index (χ3v) is 2.55. The number of benzene rings is 1. The highest BCUT2D eigenvalue weighted by Gasteiger charge is 2.10. The van der Waals surface area contributed by atoms with Gasteiger partial charge in [0.05, 0.1) is 12.2 Å². The highest BCUT2D eigenvalue weighted by molar-refractivity contribution is 5.72. The molecule has 0 fully saturated rings. The van der Waals surface area contributed by atoms with Crippen LogP contribution in [0.2, 0.25) is 0 Å². The Morgan fingerprint density at radius 2 is 1.83 bits per heavy atom. The predicted octanol–water partition coefficient (Wildman–Crippen LogP) is 2.68. The summed E-state index contributed by atoms with van der Waals surface area (Å²) in [5, 5.41) is 2.83. The third-order valence-electron chi connectivity index (χ3n) is 2.55. The zero-order valence-electron chi connectivity index (χ0n) is 11.7. The topological polar surface area (TPSA) is 38.3 Å². The summed E-state index contributed by atoms with van der Waals surface area (Å²) in [5.74, 6) is -0.00394. The summed E-state index contributed by atoms with van der Waals surface area (Å²) in [5.41, 5.74) is 2.28. The second kappa shape index (κ2) is 6.55. The Kier molecular flexibility index (Phi) is 5.35. The Balaban J connectivity index is 2.56. The predicted molar refractivity (Wildman–Crippen MR) is 73.4 cm³/mol. The lowest BCUT2D eigenvalue weighted by Crippen LogP contribution is -2.22. The minimum atomic E-state index is -0.105. The van der Waals surface area contributed by atoms with Crippen molar-refractivity contribution >= 4 is 5.91 Å². The van der Waals surface area contributed by atoms with Gasteiger partial charge in [0.15, 0.2) is 0 Å². The lowest BCUT2D eigenvalue weighted by molar-refractivity contribution is -0.119. The lowest BCUT2D eigenvalue weighted by Gasteiger charge is -2.20. The molecule has 1 amide bonds. The molecular formula is C15H23NO2. The Morgan fingerprint density at radius 1 is 1.22 bits per heavy atom. The minimum absolute atomic E-state index is 0.00394. The van der Waals surface area contributed by atoms with Crippen LogP contribution in [0.1, 0.15) is 38.8 Å². The normalized spacial score (nSPS) is 11.3. The van der Waals surface area contributed by atoms with Gasteiger partial charge in [0.25, 0.3) is 0 Å². The zero-order valence-corrected chi connectivity index (χ0v) is 11.7. The summed E-state index contributed by atoms with van der Waals surface area (Å²) >= 11 is 0. The van der Waals surface area contributed by atoms with Crippen molar-refractivity contribution in [3.05, 3.63) is 35.4 Å². The molecule has 1 aromatic rings.